The van der Waals surface area contributed by atoms with Crippen molar-refractivity contribution in [3.05, 3.63) is 18.7 Å². The molecule has 1 aromatic heterocycles. The minimum absolute atomic E-state index is 0.543. The lowest BCUT2D eigenvalue weighted by Gasteiger charge is -2.35. The fraction of sp³-hybridized carbons (Fsp3) is 0.727. The summed E-state index contributed by atoms with van der Waals surface area (Å²) in [6, 6.07) is 1.30. The fourth-order valence-electron chi connectivity index (χ4n) is 2.20. The lowest BCUT2D eigenvalue weighted by molar-refractivity contribution is 0.219. The van der Waals surface area contributed by atoms with Crippen LogP contribution in [0.4, 0.5) is 0 Å². The SMILES string of the molecule is CC1CC(NC(C)Cn2ccnc2)C1. The van der Waals surface area contributed by atoms with Crippen LogP contribution in [0.3, 0.4) is 0 Å². The first-order valence-corrected chi connectivity index (χ1v) is 5.46. The van der Waals surface area contributed by atoms with Crippen molar-refractivity contribution in [1.82, 2.24) is 14.9 Å². The minimum atomic E-state index is 0.543. The first-order chi connectivity index (χ1) is 6.74. The highest BCUT2D eigenvalue weighted by molar-refractivity contribution is 4.85. The van der Waals surface area contributed by atoms with Crippen LogP contribution in [-0.2, 0) is 6.54 Å². The molecule has 0 radical (unpaired) electrons. The molecule has 0 spiro atoms. The van der Waals surface area contributed by atoms with E-state index in [1.165, 1.54) is 12.8 Å². The van der Waals surface area contributed by atoms with Crippen LogP contribution in [0.25, 0.3) is 0 Å². The molecule has 0 aromatic carbocycles. The largest absolute Gasteiger partial charge is 0.336 e. The van der Waals surface area contributed by atoms with Gasteiger partial charge in [0, 0.05) is 31.0 Å². The zero-order chi connectivity index (χ0) is 9.97. The second-order valence-corrected chi connectivity index (χ2v) is 4.60. The molecule has 0 saturated heterocycles. The molecule has 1 atom stereocenters. The zero-order valence-corrected chi connectivity index (χ0v) is 8.98. The maximum atomic E-state index is 4.04. The van der Waals surface area contributed by atoms with Crippen LogP contribution in [0.5, 0.6) is 0 Å². The van der Waals surface area contributed by atoms with Gasteiger partial charge >= 0.3 is 0 Å². The molecule has 2 rings (SSSR count). The minimum Gasteiger partial charge on any atom is -0.336 e. The predicted octanol–water partition coefficient (Wildman–Crippen LogP) is 1.66. The number of hydrogen-bond donors (Lipinski definition) is 1. The normalized spacial score (nSPS) is 28.4. The van der Waals surface area contributed by atoms with Gasteiger partial charge in [0.25, 0.3) is 0 Å². The third-order valence-electron chi connectivity index (χ3n) is 2.94. The summed E-state index contributed by atoms with van der Waals surface area (Å²) < 4.78 is 2.12. The van der Waals surface area contributed by atoms with Crippen LogP contribution in [0.2, 0.25) is 0 Å². The van der Waals surface area contributed by atoms with Crippen LogP contribution >= 0.6 is 0 Å². The number of imidazole rings is 1. The van der Waals surface area contributed by atoms with E-state index in [2.05, 4.69) is 28.7 Å². The average molecular weight is 193 g/mol. The van der Waals surface area contributed by atoms with Gasteiger partial charge in [-0.1, -0.05) is 6.92 Å². The second kappa shape index (κ2) is 4.13. The quantitative estimate of drug-likeness (QED) is 0.788. The van der Waals surface area contributed by atoms with E-state index >= 15 is 0 Å². The highest BCUT2D eigenvalue weighted by Crippen LogP contribution is 2.26. The van der Waals surface area contributed by atoms with Crippen molar-refractivity contribution in [2.75, 3.05) is 0 Å². The van der Waals surface area contributed by atoms with Crippen molar-refractivity contribution in [3.63, 3.8) is 0 Å². The van der Waals surface area contributed by atoms with Crippen molar-refractivity contribution < 1.29 is 0 Å². The topological polar surface area (TPSA) is 29.9 Å². The van der Waals surface area contributed by atoms with Gasteiger partial charge in [-0.25, -0.2) is 4.98 Å². The van der Waals surface area contributed by atoms with E-state index in [-0.39, 0.29) is 0 Å². The smallest absolute Gasteiger partial charge is 0.0946 e. The lowest BCUT2D eigenvalue weighted by Crippen LogP contribution is -2.45. The molecular formula is C11H19N3. The van der Waals surface area contributed by atoms with E-state index in [1.807, 2.05) is 18.7 Å². The summed E-state index contributed by atoms with van der Waals surface area (Å²) in [6.45, 7) is 5.58. The van der Waals surface area contributed by atoms with Gasteiger partial charge in [-0.15, -0.1) is 0 Å². The molecule has 1 aliphatic rings. The monoisotopic (exact) mass is 193 g/mol. The molecule has 1 N–H and O–H groups in total. The first-order valence-electron chi connectivity index (χ1n) is 5.46. The van der Waals surface area contributed by atoms with Gasteiger partial charge in [0.2, 0.25) is 0 Å². The van der Waals surface area contributed by atoms with E-state index in [0.29, 0.717) is 6.04 Å². The zero-order valence-electron chi connectivity index (χ0n) is 8.98. The molecule has 78 valence electrons. The third-order valence-corrected chi connectivity index (χ3v) is 2.94. The Morgan fingerprint density at radius 1 is 1.57 bits per heavy atom. The molecule has 14 heavy (non-hydrogen) atoms. The number of rotatable bonds is 4. The Hall–Kier alpha value is -0.830. The summed E-state index contributed by atoms with van der Waals surface area (Å²) >= 11 is 0. The Kier molecular flexibility index (Phi) is 2.87. The van der Waals surface area contributed by atoms with Gasteiger partial charge in [0.1, 0.15) is 0 Å². The van der Waals surface area contributed by atoms with E-state index in [9.17, 15) is 0 Å². The number of aromatic nitrogens is 2. The lowest BCUT2D eigenvalue weighted by atomic mass is 9.81. The summed E-state index contributed by atoms with van der Waals surface area (Å²) in [5.41, 5.74) is 0. The molecule has 1 fully saturated rings. The Labute approximate surface area is 85.5 Å². The maximum Gasteiger partial charge on any atom is 0.0946 e. The molecule has 3 nitrogen and oxygen atoms in total. The predicted molar refractivity (Wildman–Crippen MR) is 57.0 cm³/mol. The summed E-state index contributed by atoms with van der Waals surface area (Å²) in [5, 5.41) is 3.64. The van der Waals surface area contributed by atoms with E-state index < -0.39 is 0 Å². The molecule has 1 heterocycles. The number of nitrogens with one attached hydrogen (secondary N) is 1. The van der Waals surface area contributed by atoms with Crippen LogP contribution in [-0.4, -0.2) is 21.6 Å². The number of hydrogen-bond acceptors (Lipinski definition) is 2. The Balaban J connectivity index is 1.71. The molecule has 1 unspecified atom stereocenters. The molecule has 1 aromatic rings. The van der Waals surface area contributed by atoms with E-state index in [4.69, 9.17) is 0 Å². The third kappa shape index (κ3) is 2.35. The van der Waals surface area contributed by atoms with Gasteiger partial charge in [-0.2, -0.15) is 0 Å². The van der Waals surface area contributed by atoms with Gasteiger partial charge in [-0.05, 0) is 25.7 Å². The molecule has 0 amide bonds. The average Bonchev–Trinajstić information content (AvgIpc) is 2.54. The summed E-state index contributed by atoms with van der Waals surface area (Å²) in [4.78, 5) is 4.04. The van der Waals surface area contributed by atoms with Crippen LogP contribution in [0.15, 0.2) is 18.7 Å². The van der Waals surface area contributed by atoms with Crippen LogP contribution in [0.1, 0.15) is 26.7 Å². The molecule has 0 bridgehead atoms. The van der Waals surface area contributed by atoms with E-state index in [0.717, 1.165) is 18.5 Å². The van der Waals surface area contributed by atoms with Crippen molar-refractivity contribution in [2.45, 2.75) is 45.3 Å². The molecule has 1 aliphatic carbocycles. The van der Waals surface area contributed by atoms with E-state index in [1.54, 1.807) is 0 Å². The second-order valence-electron chi connectivity index (χ2n) is 4.60. The van der Waals surface area contributed by atoms with Crippen molar-refractivity contribution in [3.8, 4) is 0 Å². The van der Waals surface area contributed by atoms with Crippen molar-refractivity contribution >= 4 is 0 Å². The Morgan fingerprint density at radius 2 is 2.36 bits per heavy atom. The molecule has 3 heteroatoms. The van der Waals surface area contributed by atoms with Gasteiger partial charge in [0.15, 0.2) is 0 Å². The molecule has 1 saturated carbocycles. The van der Waals surface area contributed by atoms with Crippen LogP contribution < -0.4 is 5.32 Å². The van der Waals surface area contributed by atoms with Crippen molar-refractivity contribution in [1.29, 1.82) is 0 Å². The maximum absolute atomic E-state index is 4.04. The Bertz CT molecular complexity index is 262. The summed E-state index contributed by atoms with van der Waals surface area (Å²) in [7, 11) is 0. The first kappa shape index (κ1) is 9.71. The molecular weight excluding hydrogens is 174 g/mol. The van der Waals surface area contributed by atoms with Gasteiger partial charge in [-0.3, -0.25) is 0 Å². The highest BCUT2D eigenvalue weighted by atomic mass is 15.1. The van der Waals surface area contributed by atoms with Crippen molar-refractivity contribution in [2.24, 2.45) is 5.92 Å². The summed E-state index contributed by atoms with van der Waals surface area (Å²) in [5.74, 6) is 0.924. The van der Waals surface area contributed by atoms with Crippen LogP contribution in [0, 0.1) is 5.92 Å². The Morgan fingerprint density at radius 3 is 2.93 bits per heavy atom. The standard InChI is InChI=1S/C11H19N3/c1-9-5-11(6-9)13-10(2)7-14-4-3-12-8-14/h3-4,8-11,13H,5-7H2,1-2H3. The fourth-order valence-corrected chi connectivity index (χ4v) is 2.20. The van der Waals surface area contributed by atoms with Gasteiger partial charge in [0.05, 0.1) is 6.33 Å². The number of nitrogens with zero attached hydrogens (tertiary/aromatic N) is 2. The van der Waals surface area contributed by atoms with Gasteiger partial charge < -0.3 is 9.88 Å². The highest BCUT2D eigenvalue weighted by Gasteiger charge is 2.25. The summed E-state index contributed by atoms with van der Waals surface area (Å²) in [6.07, 6.45) is 8.41. The molecule has 0 aliphatic heterocycles.